The van der Waals surface area contributed by atoms with E-state index in [2.05, 4.69) is 9.88 Å². The number of Topliss-reactive ketones (excluding diaryl/α,β-unsaturated/α-hetero) is 1. The van der Waals surface area contributed by atoms with Crippen LogP contribution in [0.15, 0.2) is 53.7 Å². The van der Waals surface area contributed by atoms with Crippen molar-refractivity contribution in [2.24, 2.45) is 0 Å². The van der Waals surface area contributed by atoms with Crippen LogP contribution >= 0.6 is 0 Å². The number of carbonyl (C=O) groups is 1. The maximum Gasteiger partial charge on any atom is 0.231 e. The third-order valence-corrected chi connectivity index (χ3v) is 5.56. The molecule has 0 saturated carbocycles. The molecule has 2 aliphatic heterocycles. The first-order valence-electron chi connectivity index (χ1n) is 9.19. The number of nitrogens with zero attached hydrogens (tertiary/aromatic N) is 2. The van der Waals surface area contributed by atoms with Gasteiger partial charge in [-0.15, -0.1) is 0 Å². The van der Waals surface area contributed by atoms with Gasteiger partial charge in [0.25, 0.3) is 0 Å². The Hall–Kier alpha value is -3.28. The van der Waals surface area contributed by atoms with Crippen LogP contribution in [0.4, 0.5) is 5.95 Å². The van der Waals surface area contributed by atoms with Crippen molar-refractivity contribution in [2.45, 2.75) is 25.3 Å². The second kappa shape index (κ2) is 5.36. The number of hydrogen-bond donors (Lipinski definition) is 1. The number of para-hydroxylation sites is 2. The van der Waals surface area contributed by atoms with E-state index in [1.807, 2.05) is 42.5 Å². The lowest BCUT2D eigenvalue weighted by atomic mass is 9.85. The minimum atomic E-state index is -0.217. The largest absolute Gasteiger partial charge is 0.454 e. The molecule has 27 heavy (non-hydrogen) atoms. The number of aromatic nitrogens is 2. The third-order valence-electron chi connectivity index (χ3n) is 5.56. The quantitative estimate of drug-likeness (QED) is 0.716. The lowest BCUT2D eigenvalue weighted by molar-refractivity contribution is -0.116. The van der Waals surface area contributed by atoms with Gasteiger partial charge >= 0.3 is 0 Å². The Labute approximate surface area is 155 Å². The van der Waals surface area contributed by atoms with E-state index in [1.165, 1.54) is 0 Å². The molecular formula is C21H17N3O3. The molecule has 0 radical (unpaired) electrons. The Morgan fingerprint density at radius 2 is 1.96 bits per heavy atom. The summed E-state index contributed by atoms with van der Waals surface area (Å²) >= 11 is 0. The lowest BCUT2D eigenvalue weighted by Gasteiger charge is -2.33. The molecule has 2 aromatic carbocycles. The SMILES string of the molecule is O=C1CCCC2=C1C(c1ccc3c(c1)OCO3)n1c(nc3ccccc31)N2. The Balaban J connectivity index is 1.63. The number of allylic oxidation sites excluding steroid dienone is 2. The molecule has 0 bridgehead atoms. The minimum Gasteiger partial charge on any atom is -0.454 e. The van der Waals surface area contributed by atoms with Crippen molar-refractivity contribution in [1.29, 1.82) is 0 Å². The van der Waals surface area contributed by atoms with Crippen molar-refractivity contribution >= 4 is 22.8 Å². The van der Waals surface area contributed by atoms with Gasteiger partial charge in [-0.1, -0.05) is 18.2 Å². The van der Waals surface area contributed by atoms with E-state index < -0.39 is 0 Å². The Morgan fingerprint density at radius 3 is 2.93 bits per heavy atom. The number of ether oxygens (including phenoxy) is 2. The van der Waals surface area contributed by atoms with E-state index in [-0.39, 0.29) is 18.6 Å². The molecule has 1 N–H and O–H groups in total. The summed E-state index contributed by atoms with van der Waals surface area (Å²) in [4.78, 5) is 17.7. The van der Waals surface area contributed by atoms with Gasteiger partial charge in [-0.05, 0) is 42.7 Å². The fraction of sp³-hybridized carbons (Fsp3) is 0.238. The van der Waals surface area contributed by atoms with Crippen LogP contribution in [0, 0.1) is 0 Å². The molecule has 1 unspecified atom stereocenters. The zero-order valence-electron chi connectivity index (χ0n) is 14.6. The van der Waals surface area contributed by atoms with E-state index in [0.29, 0.717) is 6.42 Å². The van der Waals surface area contributed by atoms with E-state index >= 15 is 0 Å². The van der Waals surface area contributed by atoms with Gasteiger partial charge in [0, 0.05) is 17.7 Å². The van der Waals surface area contributed by atoms with Gasteiger partial charge in [-0.3, -0.25) is 9.36 Å². The van der Waals surface area contributed by atoms with Gasteiger partial charge in [0.15, 0.2) is 17.3 Å². The number of anilines is 1. The predicted octanol–water partition coefficient (Wildman–Crippen LogP) is 3.79. The van der Waals surface area contributed by atoms with Crippen LogP contribution in [0.2, 0.25) is 0 Å². The molecule has 0 amide bonds. The Kier molecular flexibility index (Phi) is 2.95. The number of rotatable bonds is 1. The highest BCUT2D eigenvalue weighted by atomic mass is 16.7. The summed E-state index contributed by atoms with van der Waals surface area (Å²) in [6.45, 7) is 0.233. The van der Waals surface area contributed by atoms with Crippen LogP contribution in [-0.4, -0.2) is 22.1 Å². The molecule has 1 aromatic heterocycles. The van der Waals surface area contributed by atoms with Crippen LogP contribution in [0.5, 0.6) is 11.5 Å². The fourth-order valence-corrected chi connectivity index (χ4v) is 4.37. The summed E-state index contributed by atoms with van der Waals surface area (Å²) in [5, 5.41) is 3.43. The second-order valence-electron chi connectivity index (χ2n) is 7.10. The molecule has 3 aromatic rings. The van der Waals surface area contributed by atoms with Crippen molar-refractivity contribution in [3.8, 4) is 11.5 Å². The second-order valence-corrected chi connectivity index (χ2v) is 7.10. The maximum atomic E-state index is 12.9. The lowest BCUT2D eigenvalue weighted by Crippen LogP contribution is -2.30. The monoisotopic (exact) mass is 359 g/mol. The maximum absolute atomic E-state index is 12.9. The predicted molar refractivity (Wildman–Crippen MR) is 99.9 cm³/mol. The number of ketones is 1. The standard InChI is InChI=1S/C21H17N3O3/c25-16-7-3-5-14-19(16)20(12-8-9-17-18(10-12)27-11-26-17)24-15-6-2-1-4-13(15)22-21(24)23-14/h1-2,4,6,8-10,20H,3,5,7,11H2,(H,22,23). The summed E-state index contributed by atoms with van der Waals surface area (Å²) < 4.78 is 13.2. The van der Waals surface area contributed by atoms with Crippen LogP contribution < -0.4 is 14.8 Å². The highest BCUT2D eigenvalue weighted by Gasteiger charge is 2.37. The highest BCUT2D eigenvalue weighted by Crippen LogP contribution is 2.44. The first kappa shape index (κ1) is 14.8. The average molecular weight is 359 g/mol. The molecule has 6 rings (SSSR count). The van der Waals surface area contributed by atoms with Gasteiger partial charge in [0.1, 0.15) is 0 Å². The molecule has 134 valence electrons. The molecule has 1 aliphatic carbocycles. The first-order valence-corrected chi connectivity index (χ1v) is 9.19. The number of fused-ring (bicyclic) bond motifs is 4. The number of benzene rings is 2. The summed E-state index contributed by atoms with van der Waals surface area (Å²) in [6.07, 6.45) is 2.33. The van der Waals surface area contributed by atoms with Crippen molar-refractivity contribution in [3.05, 3.63) is 59.3 Å². The van der Waals surface area contributed by atoms with Crippen molar-refractivity contribution in [3.63, 3.8) is 0 Å². The Bertz CT molecular complexity index is 1140. The summed E-state index contributed by atoms with van der Waals surface area (Å²) in [5.74, 6) is 2.46. The number of nitrogens with one attached hydrogen (secondary N) is 1. The van der Waals surface area contributed by atoms with Crippen LogP contribution in [0.25, 0.3) is 11.0 Å². The van der Waals surface area contributed by atoms with Crippen molar-refractivity contribution in [1.82, 2.24) is 9.55 Å². The molecular weight excluding hydrogens is 342 g/mol. The number of hydrogen-bond acceptors (Lipinski definition) is 5. The minimum absolute atomic E-state index is 0.204. The van der Waals surface area contributed by atoms with E-state index in [0.717, 1.165) is 58.2 Å². The topological polar surface area (TPSA) is 65.4 Å². The van der Waals surface area contributed by atoms with E-state index in [4.69, 9.17) is 14.5 Å². The number of imidazole rings is 1. The molecule has 0 saturated heterocycles. The highest BCUT2D eigenvalue weighted by molar-refractivity contribution is 6.00. The summed E-state index contributed by atoms with van der Waals surface area (Å²) in [7, 11) is 0. The smallest absolute Gasteiger partial charge is 0.231 e. The zero-order chi connectivity index (χ0) is 18.0. The molecule has 3 aliphatic rings. The van der Waals surface area contributed by atoms with Crippen molar-refractivity contribution in [2.75, 3.05) is 12.1 Å². The van der Waals surface area contributed by atoms with Crippen LogP contribution in [0.1, 0.15) is 30.9 Å². The number of carbonyl (C=O) groups excluding carboxylic acids is 1. The van der Waals surface area contributed by atoms with Crippen molar-refractivity contribution < 1.29 is 14.3 Å². The van der Waals surface area contributed by atoms with Gasteiger partial charge in [0.05, 0.1) is 17.1 Å². The normalized spacial score (nSPS) is 20.4. The third kappa shape index (κ3) is 2.07. The molecule has 6 heteroatoms. The summed E-state index contributed by atoms with van der Waals surface area (Å²) in [5.41, 5.74) is 4.77. The fourth-order valence-electron chi connectivity index (χ4n) is 4.37. The van der Waals surface area contributed by atoms with Gasteiger partial charge in [-0.2, -0.15) is 0 Å². The van der Waals surface area contributed by atoms with Gasteiger partial charge in [0.2, 0.25) is 12.7 Å². The molecule has 6 nitrogen and oxygen atoms in total. The first-order chi connectivity index (χ1) is 13.3. The average Bonchev–Trinajstić information content (AvgIpc) is 3.30. The van der Waals surface area contributed by atoms with Crippen LogP contribution in [0.3, 0.4) is 0 Å². The van der Waals surface area contributed by atoms with Crippen LogP contribution in [-0.2, 0) is 4.79 Å². The van der Waals surface area contributed by atoms with E-state index in [1.54, 1.807) is 0 Å². The molecule has 0 fully saturated rings. The summed E-state index contributed by atoms with van der Waals surface area (Å²) in [6, 6.07) is 13.7. The molecule has 3 heterocycles. The molecule has 1 atom stereocenters. The zero-order valence-corrected chi connectivity index (χ0v) is 14.6. The van der Waals surface area contributed by atoms with Gasteiger partial charge < -0.3 is 14.8 Å². The molecule has 0 spiro atoms. The Morgan fingerprint density at radius 1 is 1.07 bits per heavy atom. The van der Waals surface area contributed by atoms with E-state index in [9.17, 15) is 4.79 Å². The van der Waals surface area contributed by atoms with Gasteiger partial charge in [-0.25, -0.2) is 4.98 Å².